The van der Waals surface area contributed by atoms with Gasteiger partial charge in [-0.15, -0.1) is 0 Å². The molecule has 0 aliphatic heterocycles. The molecule has 0 aliphatic carbocycles. The lowest BCUT2D eigenvalue weighted by Gasteiger charge is -2.13. The lowest BCUT2D eigenvalue weighted by molar-refractivity contribution is 0.425. The van der Waals surface area contributed by atoms with Gasteiger partial charge >= 0.3 is 0 Å². The molecule has 19 heavy (non-hydrogen) atoms. The molecule has 0 saturated heterocycles. The topological polar surface area (TPSA) is 41.1 Å². The number of nitrogens with zero attached hydrogens (tertiary/aromatic N) is 3. The zero-order chi connectivity index (χ0) is 13.7. The summed E-state index contributed by atoms with van der Waals surface area (Å²) in [6.45, 7) is 3.97. The molecule has 102 valence electrons. The molecule has 0 fully saturated rings. The number of rotatable bonds is 6. The van der Waals surface area contributed by atoms with Gasteiger partial charge < -0.3 is 10.2 Å². The number of fused-ring (bicyclic) bond motifs is 1. The molecule has 0 saturated carbocycles. The van der Waals surface area contributed by atoms with Crippen LogP contribution in [-0.2, 0) is 0 Å². The fourth-order valence-corrected chi connectivity index (χ4v) is 2.36. The first-order valence-electron chi connectivity index (χ1n) is 6.49. The van der Waals surface area contributed by atoms with Gasteiger partial charge in [0.05, 0.1) is 5.52 Å². The highest BCUT2D eigenvalue weighted by molar-refractivity contribution is 7.99. The summed E-state index contributed by atoms with van der Waals surface area (Å²) in [7, 11) is 4.14. The molecule has 0 radical (unpaired) electrons. The van der Waals surface area contributed by atoms with E-state index in [1.54, 1.807) is 11.8 Å². The Morgan fingerprint density at radius 1 is 1.21 bits per heavy atom. The van der Waals surface area contributed by atoms with Crippen molar-refractivity contribution in [2.45, 2.75) is 12.1 Å². The molecule has 0 bridgehead atoms. The Kier molecular flexibility index (Phi) is 4.99. The largest absolute Gasteiger partial charge is 0.368 e. The van der Waals surface area contributed by atoms with Gasteiger partial charge in [-0.3, -0.25) is 0 Å². The molecule has 0 amide bonds. The SMILES string of the molecule is CCSc1nc(NCCN(C)C)c2ccccc2n1. The van der Waals surface area contributed by atoms with E-state index in [2.05, 4.69) is 47.3 Å². The van der Waals surface area contributed by atoms with Gasteiger partial charge in [-0.2, -0.15) is 0 Å². The van der Waals surface area contributed by atoms with E-state index in [-0.39, 0.29) is 0 Å². The summed E-state index contributed by atoms with van der Waals surface area (Å²) in [4.78, 5) is 11.3. The Morgan fingerprint density at radius 2 is 2.00 bits per heavy atom. The summed E-state index contributed by atoms with van der Waals surface area (Å²) >= 11 is 1.67. The number of nitrogens with one attached hydrogen (secondary N) is 1. The molecule has 2 rings (SSSR count). The summed E-state index contributed by atoms with van der Waals surface area (Å²) in [6.07, 6.45) is 0. The summed E-state index contributed by atoms with van der Waals surface area (Å²) in [5.41, 5.74) is 1.00. The first kappa shape index (κ1) is 14.1. The normalized spacial score (nSPS) is 11.2. The Hall–Kier alpha value is -1.33. The molecule has 0 aliphatic rings. The molecule has 0 atom stereocenters. The van der Waals surface area contributed by atoms with Crippen molar-refractivity contribution in [1.29, 1.82) is 0 Å². The maximum Gasteiger partial charge on any atom is 0.190 e. The third kappa shape index (κ3) is 3.81. The van der Waals surface area contributed by atoms with E-state index >= 15 is 0 Å². The second kappa shape index (κ2) is 6.73. The van der Waals surface area contributed by atoms with Gasteiger partial charge in [-0.1, -0.05) is 30.8 Å². The van der Waals surface area contributed by atoms with Crippen LogP contribution in [0.5, 0.6) is 0 Å². The minimum absolute atomic E-state index is 0.841. The second-order valence-electron chi connectivity index (χ2n) is 4.54. The van der Waals surface area contributed by atoms with Crippen molar-refractivity contribution in [2.75, 3.05) is 38.3 Å². The molecule has 4 nitrogen and oxygen atoms in total. The third-order valence-electron chi connectivity index (χ3n) is 2.71. The summed E-state index contributed by atoms with van der Waals surface area (Å²) in [5.74, 6) is 1.92. The second-order valence-corrected chi connectivity index (χ2v) is 5.77. The van der Waals surface area contributed by atoms with Gasteiger partial charge in [-0.25, -0.2) is 9.97 Å². The van der Waals surface area contributed by atoms with Crippen molar-refractivity contribution in [3.05, 3.63) is 24.3 Å². The van der Waals surface area contributed by atoms with E-state index in [0.29, 0.717) is 0 Å². The fraction of sp³-hybridized carbons (Fsp3) is 0.429. The van der Waals surface area contributed by atoms with Gasteiger partial charge in [0.2, 0.25) is 0 Å². The number of benzene rings is 1. The zero-order valence-corrected chi connectivity index (χ0v) is 12.5. The Bertz CT molecular complexity index is 542. The quantitative estimate of drug-likeness (QED) is 0.649. The lowest BCUT2D eigenvalue weighted by Crippen LogP contribution is -2.21. The van der Waals surface area contributed by atoms with Crippen LogP contribution < -0.4 is 5.32 Å². The molecular formula is C14H20N4S. The smallest absolute Gasteiger partial charge is 0.190 e. The average Bonchev–Trinajstić information content (AvgIpc) is 2.38. The molecular weight excluding hydrogens is 256 g/mol. The summed E-state index contributed by atoms with van der Waals surface area (Å²) in [6, 6.07) is 8.14. The highest BCUT2D eigenvalue weighted by Crippen LogP contribution is 2.23. The van der Waals surface area contributed by atoms with Gasteiger partial charge in [0.25, 0.3) is 0 Å². The molecule has 0 spiro atoms. The molecule has 1 N–H and O–H groups in total. The Labute approximate surface area is 118 Å². The molecule has 5 heteroatoms. The number of para-hydroxylation sites is 1. The number of thioether (sulfide) groups is 1. The summed E-state index contributed by atoms with van der Waals surface area (Å²) in [5, 5.41) is 5.34. The number of likely N-dealkylation sites (N-methyl/N-ethyl adjacent to an activating group) is 1. The lowest BCUT2D eigenvalue weighted by atomic mass is 10.2. The maximum absolute atomic E-state index is 4.61. The standard InChI is InChI=1S/C14H20N4S/c1-4-19-14-16-12-8-6-5-7-11(12)13(17-14)15-9-10-18(2)3/h5-8H,4,9-10H2,1-3H3,(H,15,16,17). The van der Waals surface area contributed by atoms with E-state index in [1.165, 1.54) is 0 Å². The van der Waals surface area contributed by atoms with Crippen LogP contribution in [0, 0.1) is 0 Å². The van der Waals surface area contributed by atoms with Gasteiger partial charge in [0, 0.05) is 18.5 Å². The fourth-order valence-electron chi connectivity index (χ4n) is 1.78. The van der Waals surface area contributed by atoms with Gasteiger partial charge in [0.15, 0.2) is 5.16 Å². The highest BCUT2D eigenvalue weighted by Gasteiger charge is 2.07. The van der Waals surface area contributed by atoms with E-state index < -0.39 is 0 Å². The van der Waals surface area contributed by atoms with E-state index in [4.69, 9.17) is 0 Å². The van der Waals surface area contributed by atoms with E-state index in [9.17, 15) is 0 Å². The zero-order valence-electron chi connectivity index (χ0n) is 11.7. The molecule has 1 heterocycles. The van der Waals surface area contributed by atoms with Crippen LogP contribution in [0.25, 0.3) is 10.9 Å². The molecule has 1 aromatic carbocycles. The van der Waals surface area contributed by atoms with E-state index in [0.717, 1.165) is 40.7 Å². The molecule has 0 unspecified atom stereocenters. The summed E-state index contributed by atoms with van der Waals surface area (Å²) < 4.78 is 0. The van der Waals surface area contributed by atoms with Crippen molar-refractivity contribution >= 4 is 28.5 Å². The highest BCUT2D eigenvalue weighted by atomic mass is 32.2. The van der Waals surface area contributed by atoms with Crippen LogP contribution in [0.1, 0.15) is 6.92 Å². The van der Waals surface area contributed by atoms with Gasteiger partial charge in [0.1, 0.15) is 5.82 Å². The van der Waals surface area contributed by atoms with Crippen LogP contribution in [-0.4, -0.2) is 47.8 Å². The third-order valence-corrected chi connectivity index (χ3v) is 3.44. The van der Waals surface area contributed by atoms with Crippen LogP contribution >= 0.6 is 11.8 Å². The monoisotopic (exact) mass is 276 g/mol. The van der Waals surface area contributed by atoms with Crippen molar-refractivity contribution in [3.8, 4) is 0 Å². The Morgan fingerprint density at radius 3 is 2.74 bits per heavy atom. The van der Waals surface area contributed by atoms with Crippen molar-refractivity contribution in [3.63, 3.8) is 0 Å². The van der Waals surface area contributed by atoms with Crippen LogP contribution in [0.15, 0.2) is 29.4 Å². The molecule has 2 aromatic rings. The number of hydrogen-bond acceptors (Lipinski definition) is 5. The van der Waals surface area contributed by atoms with Crippen LogP contribution in [0.3, 0.4) is 0 Å². The average molecular weight is 276 g/mol. The number of aromatic nitrogens is 2. The van der Waals surface area contributed by atoms with Crippen molar-refractivity contribution < 1.29 is 0 Å². The minimum Gasteiger partial charge on any atom is -0.368 e. The first-order chi connectivity index (χ1) is 9.20. The first-order valence-corrected chi connectivity index (χ1v) is 7.47. The van der Waals surface area contributed by atoms with Crippen LogP contribution in [0.2, 0.25) is 0 Å². The van der Waals surface area contributed by atoms with Gasteiger partial charge in [-0.05, 0) is 32.0 Å². The minimum atomic E-state index is 0.841. The van der Waals surface area contributed by atoms with Crippen LogP contribution in [0.4, 0.5) is 5.82 Å². The molecule has 1 aromatic heterocycles. The van der Waals surface area contributed by atoms with Crippen molar-refractivity contribution in [1.82, 2.24) is 14.9 Å². The van der Waals surface area contributed by atoms with E-state index in [1.807, 2.05) is 18.2 Å². The predicted octanol–water partition coefficient (Wildman–Crippen LogP) is 2.72. The Balaban J connectivity index is 2.28. The number of hydrogen-bond donors (Lipinski definition) is 1. The predicted molar refractivity (Wildman–Crippen MR) is 83.0 cm³/mol. The van der Waals surface area contributed by atoms with Crippen molar-refractivity contribution in [2.24, 2.45) is 0 Å². The number of anilines is 1. The maximum atomic E-state index is 4.61.